The van der Waals surface area contributed by atoms with Crippen LogP contribution in [0.2, 0.25) is 0 Å². The van der Waals surface area contributed by atoms with Crippen molar-refractivity contribution in [3.63, 3.8) is 0 Å². The van der Waals surface area contributed by atoms with Crippen LogP contribution in [0.5, 0.6) is 0 Å². The number of fused-ring (bicyclic) bond motifs is 17. The van der Waals surface area contributed by atoms with Gasteiger partial charge in [-0.3, -0.25) is 0 Å². The van der Waals surface area contributed by atoms with Crippen LogP contribution in [0.1, 0.15) is 103 Å². The summed E-state index contributed by atoms with van der Waals surface area (Å²) in [5, 5.41) is 13.1. The molecule has 0 N–H and O–H groups in total. The van der Waals surface area contributed by atoms with Crippen LogP contribution in [-0.2, 0) is 10.8 Å². The van der Waals surface area contributed by atoms with Gasteiger partial charge in [0.2, 0.25) is 0 Å². The molecule has 18 aromatic rings. The standard InChI is InChI=1S/C108H87BN2/c1-107(2,76-47-25-11-26-48-76)78-58-60-92-86(64-78)88-65-79(108(3,4)77-49-27-12-28-50-77)66-90-105(88)110(92)94-62-75(101-99(72-43-21-9-22-44-72)97(70-39-17-7-18-40-70)96(69-37-15-6-16-38-69)98(71-41-19-8-20-42-71)100(101)73-45-23-10-24-46-73)63-95-104(94)109(90)91-67-87-84-55-32-31-53-82(84)83-54-33-34-56-85(83)102(87)103-89-61-74(57-59-93(89)111(95)106(91)103)81-52-30-29-51-80(81)68-35-13-5-14-36-68/h5-10,13-24,29-46,51-67,76-77H,11-12,25-28,47-50H2,1-4H3. The van der Waals surface area contributed by atoms with E-state index < -0.39 is 0 Å². The molecule has 22 rings (SSSR count). The predicted octanol–water partition coefficient (Wildman–Crippen LogP) is 27.5. The second-order valence-corrected chi connectivity index (χ2v) is 33.8. The fraction of sp³-hybridized carbons (Fsp3) is 0.167. The van der Waals surface area contributed by atoms with Gasteiger partial charge < -0.3 is 9.13 Å². The molecule has 3 heteroatoms. The van der Waals surface area contributed by atoms with Gasteiger partial charge in [-0.25, -0.2) is 0 Å². The highest BCUT2D eigenvalue weighted by Crippen LogP contribution is 2.58. The monoisotopic (exact) mass is 1420 g/mol. The van der Waals surface area contributed by atoms with Crippen molar-refractivity contribution in [3.8, 4) is 100 Å². The zero-order valence-electron chi connectivity index (χ0n) is 63.8. The molecule has 0 spiro atoms. The van der Waals surface area contributed by atoms with E-state index in [1.54, 1.807) is 0 Å². The van der Waals surface area contributed by atoms with E-state index in [1.165, 1.54) is 257 Å². The summed E-state index contributed by atoms with van der Waals surface area (Å²) in [4.78, 5) is 0. The van der Waals surface area contributed by atoms with Crippen LogP contribution in [0.3, 0.4) is 0 Å². The van der Waals surface area contributed by atoms with Crippen LogP contribution in [0.25, 0.3) is 176 Å². The summed E-state index contributed by atoms with van der Waals surface area (Å²) in [6, 6.07) is 125. The Morgan fingerprint density at radius 1 is 0.261 bits per heavy atom. The lowest BCUT2D eigenvalue weighted by atomic mass is 9.34. The molecule has 2 nitrogen and oxygen atoms in total. The highest BCUT2D eigenvalue weighted by molar-refractivity contribution is 7.00. The van der Waals surface area contributed by atoms with Crippen molar-refractivity contribution >= 4 is 99.0 Å². The van der Waals surface area contributed by atoms with Gasteiger partial charge in [-0.2, -0.15) is 0 Å². The molecule has 0 atom stereocenters. The zero-order valence-corrected chi connectivity index (χ0v) is 63.8. The molecule has 2 aliphatic heterocycles. The minimum Gasteiger partial charge on any atom is -0.310 e. The third-order valence-electron chi connectivity index (χ3n) is 27.3. The van der Waals surface area contributed by atoms with Gasteiger partial charge in [-0.05, 0) is 234 Å². The third-order valence-corrected chi connectivity index (χ3v) is 27.3. The van der Waals surface area contributed by atoms with Crippen molar-refractivity contribution < 1.29 is 0 Å². The molecule has 0 unspecified atom stereocenters. The lowest BCUT2D eigenvalue weighted by molar-refractivity contribution is 0.236. The van der Waals surface area contributed by atoms with E-state index in [0.717, 1.165) is 11.1 Å². The van der Waals surface area contributed by atoms with Crippen molar-refractivity contribution in [2.45, 2.75) is 103 Å². The first kappa shape index (κ1) is 66.0. The van der Waals surface area contributed by atoms with Crippen LogP contribution in [0, 0.1) is 11.8 Å². The van der Waals surface area contributed by atoms with Crippen LogP contribution >= 0.6 is 0 Å². The molecule has 0 bridgehead atoms. The number of benzene rings is 16. The zero-order chi connectivity index (χ0) is 73.8. The summed E-state index contributed by atoms with van der Waals surface area (Å²) in [5.41, 5.74) is 33.6. The van der Waals surface area contributed by atoms with E-state index in [2.05, 4.69) is 358 Å². The van der Waals surface area contributed by atoms with Crippen molar-refractivity contribution in [1.29, 1.82) is 0 Å². The maximum absolute atomic E-state index is 2.81. The molecule has 4 heterocycles. The largest absolute Gasteiger partial charge is 0.310 e. The van der Waals surface area contributed by atoms with Crippen molar-refractivity contribution in [2.75, 3.05) is 0 Å². The maximum atomic E-state index is 2.81. The normalized spacial score (nSPS) is 14.6. The molecular formula is C108H87BN2. The van der Waals surface area contributed by atoms with Crippen molar-refractivity contribution in [2.24, 2.45) is 11.8 Å². The fourth-order valence-electron chi connectivity index (χ4n) is 21.8. The van der Waals surface area contributed by atoms with Crippen molar-refractivity contribution in [3.05, 3.63) is 333 Å². The summed E-state index contributed by atoms with van der Waals surface area (Å²) in [5.74, 6) is 1.18. The molecule has 16 aromatic carbocycles. The second kappa shape index (κ2) is 25.8. The number of rotatable bonds is 12. The van der Waals surface area contributed by atoms with Crippen LogP contribution in [0.15, 0.2) is 322 Å². The average Bonchev–Trinajstić information content (AvgIpc) is 1.54. The Bertz CT molecular complexity index is 6690. The molecule has 4 aliphatic rings. The van der Waals surface area contributed by atoms with Gasteiger partial charge in [-0.1, -0.05) is 345 Å². The average molecular weight is 1420 g/mol. The van der Waals surface area contributed by atoms with Gasteiger partial charge >= 0.3 is 0 Å². The minimum atomic E-state index is -0.168. The maximum Gasteiger partial charge on any atom is 0.252 e. The molecule has 2 aliphatic carbocycles. The summed E-state index contributed by atoms with van der Waals surface area (Å²) in [7, 11) is 0. The number of hydrogen-bond donors (Lipinski definition) is 0. The lowest BCUT2D eigenvalue weighted by Crippen LogP contribution is -2.59. The van der Waals surface area contributed by atoms with E-state index in [1.807, 2.05) is 0 Å². The quantitative estimate of drug-likeness (QED) is 0.0852. The number of nitrogens with zero attached hydrogens (tertiary/aromatic N) is 2. The molecule has 2 aromatic heterocycles. The Morgan fingerprint density at radius 3 is 1.14 bits per heavy atom. The molecule has 532 valence electrons. The highest BCUT2D eigenvalue weighted by Gasteiger charge is 2.45. The smallest absolute Gasteiger partial charge is 0.252 e. The van der Waals surface area contributed by atoms with Gasteiger partial charge in [-0.15, -0.1) is 0 Å². The van der Waals surface area contributed by atoms with E-state index in [4.69, 9.17) is 0 Å². The Balaban J connectivity index is 0.971. The van der Waals surface area contributed by atoms with E-state index in [9.17, 15) is 0 Å². The molecule has 0 saturated heterocycles. The summed E-state index contributed by atoms with van der Waals surface area (Å²) in [6.45, 7) is 10.2. The van der Waals surface area contributed by atoms with Gasteiger partial charge in [0.1, 0.15) is 0 Å². The Morgan fingerprint density at radius 2 is 0.640 bits per heavy atom. The molecule has 2 saturated carbocycles. The van der Waals surface area contributed by atoms with Crippen molar-refractivity contribution in [1.82, 2.24) is 9.13 Å². The van der Waals surface area contributed by atoms with Crippen LogP contribution in [-0.4, -0.2) is 15.8 Å². The SMILES string of the molecule is CC(C)(c1ccc2c(c1)c1cc(C(C)(C)C3CCCCC3)cc3c1n2-c1cc(-c2c(-c4ccccc4)c(-c4ccccc4)c(-c4ccccc4)c(-c4ccccc4)c2-c2ccccc2)cc2c1B3c1cc3c4ccccc4c4ccccc4c3c3c4cc(-c5ccccc5-c5ccccc5)ccc4n-2c13)C1CCCCC1. The van der Waals surface area contributed by atoms with Crippen LogP contribution in [0.4, 0.5) is 0 Å². The first-order valence-corrected chi connectivity index (χ1v) is 41.0. The molecule has 111 heavy (non-hydrogen) atoms. The van der Waals surface area contributed by atoms with E-state index in [-0.39, 0.29) is 17.5 Å². The molecular weight excluding hydrogens is 1340 g/mol. The van der Waals surface area contributed by atoms with Gasteiger partial charge in [0.25, 0.3) is 6.71 Å². The first-order chi connectivity index (χ1) is 54.7. The van der Waals surface area contributed by atoms with E-state index >= 15 is 0 Å². The third kappa shape index (κ3) is 10.1. The first-order valence-electron chi connectivity index (χ1n) is 41.0. The second-order valence-electron chi connectivity index (χ2n) is 33.8. The summed E-state index contributed by atoms with van der Waals surface area (Å²) in [6.07, 6.45) is 12.9. The topological polar surface area (TPSA) is 9.86 Å². The predicted molar refractivity (Wildman–Crippen MR) is 475 cm³/mol. The molecule has 0 radical (unpaired) electrons. The Kier molecular flexibility index (Phi) is 15.3. The lowest BCUT2D eigenvalue weighted by Gasteiger charge is -2.39. The molecule has 2 fully saturated rings. The molecule has 0 amide bonds. The fourth-order valence-corrected chi connectivity index (χ4v) is 21.8. The summed E-state index contributed by atoms with van der Waals surface area (Å²) < 4.78 is 5.60. The Hall–Kier alpha value is -12.0. The number of hydrogen-bond acceptors (Lipinski definition) is 0. The highest BCUT2D eigenvalue weighted by atomic mass is 15.0. The minimum absolute atomic E-state index is 0.0209. The van der Waals surface area contributed by atoms with E-state index in [0.29, 0.717) is 11.8 Å². The van der Waals surface area contributed by atoms with Gasteiger partial charge in [0.05, 0.1) is 16.6 Å². The number of aromatic nitrogens is 2. The van der Waals surface area contributed by atoms with Gasteiger partial charge in [0.15, 0.2) is 0 Å². The summed E-state index contributed by atoms with van der Waals surface area (Å²) >= 11 is 0. The van der Waals surface area contributed by atoms with Gasteiger partial charge in [0, 0.05) is 43.8 Å². The Labute approximate surface area is 651 Å². The van der Waals surface area contributed by atoms with Crippen LogP contribution < -0.4 is 16.4 Å².